The van der Waals surface area contributed by atoms with Gasteiger partial charge in [-0.2, -0.15) is 0 Å². The van der Waals surface area contributed by atoms with Crippen molar-refractivity contribution in [3.8, 4) is 0 Å². The van der Waals surface area contributed by atoms with Crippen molar-refractivity contribution >= 4 is 6.29 Å². The van der Waals surface area contributed by atoms with E-state index in [2.05, 4.69) is 18.9 Å². The molecular weight excluding hydrogens is 126 g/mol. The van der Waals surface area contributed by atoms with Crippen molar-refractivity contribution in [3.63, 3.8) is 0 Å². The summed E-state index contributed by atoms with van der Waals surface area (Å²) in [5.41, 5.74) is 0. The van der Waals surface area contributed by atoms with E-state index < -0.39 is 0 Å². The standard InChI is InChI=1S/C8H15NO/c1-7-3-4-8(6-10)5-9(7)2/h6-8H,3-5H2,1-2H3. The van der Waals surface area contributed by atoms with Crippen LogP contribution in [0.5, 0.6) is 0 Å². The van der Waals surface area contributed by atoms with E-state index >= 15 is 0 Å². The number of likely N-dealkylation sites (tertiary alicyclic amines) is 1. The molecule has 1 aliphatic rings. The molecule has 0 radical (unpaired) electrons. The lowest BCUT2D eigenvalue weighted by molar-refractivity contribution is -0.112. The van der Waals surface area contributed by atoms with Gasteiger partial charge in [0.2, 0.25) is 0 Å². The van der Waals surface area contributed by atoms with E-state index in [9.17, 15) is 4.79 Å². The molecule has 0 N–H and O–H groups in total. The summed E-state index contributed by atoms with van der Waals surface area (Å²) in [6.07, 6.45) is 3.33. The molecule has 1 heterocycles. The maximum Gasteiger partial charge on any atom is 0.124 e. The Kier molecular flexibility index (Phi) is 2.44. The summed E-state index contributed by atoms with van der Waals surface area (Å²) in [7, 11) is 2.08. The van der Waals surface area contributed by atoms with Gasteiger partial charge in [0.15, 0.2) is 0 Å². The van der Waals surface area contributed by atoms with Crippen LogP contribution in [0.2, 0.25) is 0 Å². The molecule has 0 aromatic heterocycles. The number of carbonyl (C=O) groups excluding carboxylic acids is 1. The SMILES string of the molecule is CC1CCC(C=O)CN1C. The van der Waals surface area contributed by atoms with Gasteiger partial charge in [0, 0.05) is 18.5 Å². The fourth-order valence-electron chi connectivity index (χ4n) is 1.43. The molecule has 58 valence electrons. The number of carbonyl (C=O) groups is 1. The minimum atomic E-state index is 0.293. The van der Waals surface area contributed by atoms with Gasteiger partial charge >= 0.3 is 0 Å². The third-order valence-corrected chi connectivity index (χ3v) is 2.42. The Morgan fingerprint density at radius 1 is 1.50 bits per heavy atom. The highest BCUT2D eigenvalue weighted by atomic mass is 16.1. The predicted octanol–water partition coefficient (Wildman–Crippen LogP) is 0.916. The van der Waals surface area contributed by atoms with Crippen LogP contribution in [0.1, 0.15) is 19.8 Å². The second-order valence-electron chi connectivity index (χ2n) is 3.26. The van der Waals surface area contributed by atoms with Gasteiger partial charge in [-0.15, -0.1) is 0 Å². The fourth-order valence-corrected chi connectivity index (χ4v) is 1.43. The summed E-state index contributed by atoms with van der Waals surface area (Å²) in [4.78, 5) is 12.6. The number of hydrogen-bond donors (Lipinski definition) is 0. The minimum Gasteiger partial charge on any atom is -0.303 e. The largest absolute Gasteiger partial charge is 0.303 e. The van der Waals surface area contributed by atoms with E-state index in [-0.39, 0.29) is 0 Å². The number of piperidine rings is 1. The third kappa shape index (κ3) is 1.57. The van der Waals surface area contributed by atoms with Crippen molar-refractivity contribution < 1.29 is 4.79 Å². The lowest BCUT2D eigenvalue weighted by Crippen LogP contribution is -2.39. The summed E-state index contributed by atoms with van der Waals surface area (Å²) < 4.78 is 0. The molecular formula is C8H15NO. The summed E-state index contributed by atoms with van der Waals surface area (Å²) in [5, 5.41) is 0. The Bertz CT molecular complexity index is 124. The van der Waals surface area contributed by atoms with Gasteiger partial charge in [-0.05, 0) is 26.8 Å². The van der Waals surface area contributed by atoms with E-state index in [1.54, 1.807) is 0 Å². The summed E-state index contributed by atoms with van der Waals surface area (Å²) in [6.45, 7) is 3.16. The molecule has 2 unspecified atom stereocenters. The van der Waals surface area contributed by atoms with Crippen molar-refractivity contribution in [2.45, 2.75) is 25.8 Å². The maximum atomic E-state index is 10.4. The van der Waals surface area contributed by atoms with E-state index in [1.807, 2.05) is 0 Å². The zero-order valence-electron chi connectivity index (χ0n) is 6.71. The van der Waals surface area contributed by atoms with Crippen molar-refractivity contribution in [1.29, 1.82) is 0 Å². The van der Waals surface area contributed by atoms with Crippen LogP contribution in [0.15, 0.2) is 0 Å². The molecule has 1 fully saturated rings. The normalized spacial score (nSPS) is 35.8. The molecule has 2 heteroatoms. The van der Waals surface area contributed by atoms with E-state index in [4.69, 9.17) is 0 Å². The Morgan fingerprint density at radius 3 is 2.70 bits per heavy atom. The van der Waals surface area contributed by atoms with Gasteiger partial charge in [-0.25, -0.2) is 0 Å². The summed E-state index contributed by atoms with van der Waals surface area (Å²) in [5.74, 6) is 0.293. The molecule has 0 amide bonds. The molecule has 0 bridgehead atoms. The zero-order valence-corrected chi connectivity index (χ0v) is 6.71. The molecule has 0 spiro atoms. The summed E-state index contributed by atoms with van der Waals surface area (Å²) >= 11 is 0. The van der Waals surface area contributed by atoms with Crippen LogP contribution in [0.4, 0.5) is 0 Å². The third-order valence-electron chi connectivity index (χ3n) is 2.42. The minimum absolute atomic E-state index is 0.293. The molecule has 0 aliphatic carbocycles. The molecule has 1 aliphatic heterocycles. The zero-order chi connectivity index (χ0) is 7.56. The molecule has 2 nitrogen and oxygen atoms in total. The molecule has 1 rings (SSSR count). The molecule has 0 aromatic carbocycles. The number of nitrogens with zero attached hydrogens (tertiary/aromatic N) is 1. The number of rotatable bonds is 1. The highest BCUT2D eigenvalue weighted by Crippen LogP contribution is 2.17. The average molecular weight is 141 g/mol. The van der Waals surface area contributed by atoms with Gasteiger partial charge in [0.05, 0.1) is 0 Å². The predicted molar refractivity (Wildman–Crippen MR) is 40.9 cm³/mol. The Balaban J connectivity index is 2.40. The maximum absolute atomic E-state index is 10.4. The van der Waals surface area contributed by atoms with Gasteiger partial charge in [0.1, 0.15) is 6.29 Å². The topological polar surface area (TPSA) is 20.3 Å². The van der Waals surface area contributed by atoms with Crippen LogP contribution < -0.4 is 0 Å². The first-order valence-electron chi connectivity index (χ1n) is 3.89. The van der Waals surface area contributed by atoms with E-state index in [0.29, 0.717) is 12.0 Å². The number of aldehydes is 1. The Labute approximate surface area is 62.2 Å². The van der Waals surface area contributed by atoms with Crippen LogP contribution in [-0.4, -0.2) is 30.8 Å². The first-order valence-corrected chi connectivity index (χ1v) is 3.89. The van der Waals surface area contributed by atoms with E-state index in [1.165, 1.54) is 6.42 Å². The second-order valence-corrected chi connectivity index (χ2v) is 3.26. The highest BCUT2D eigenvalue weighted by Gasteiger charge is 2.21. The molecule has 0 aromatic rings. The van der Waals surface area contributed by atoms with Gasteiger partial charge < -0.3 is 9.69 Å². The molecule has 0 saturated carbocycles. The average Bonchev–Trinajstić information content (AvgIpc) is 1.95. The summed E-state index contributed by atoms with van der Waals surface area (Å²) in [6, 6.07) is 0.663. The Morgan fingerprint density at radius 2 is 2.20 bits per heavy atom. The van der Waals surface area contributed by atoms with Crippen LogP contribution in [-0.2, 0) is 4.79 Å². The van der Waals surface area contributed by atoms with Gasteiger partial charge in [0.25, 0.3) is 0 Å². The van der Waals surface area contributed by atoms with Crippen molar-refractivity contribution in [2.24, 2.45) is 5.92 Å². The first-order chi connectivity index (χ1) is 4.74. The second kappa shape index (κ2) is 3.15. The van der Waals surface area contributed by atoms with E-state index in [0.717, 1.165) is 19.3 Å². The lowest BCUT2D eigenvalue weighted by atomic mass is 9.95. The van der Waals surface area contributed by atoms with Crippen molar-refractivity contribution in [1.82, 2.24) is 4.90 Å². The lowest BCUT2D eigenvalue weighted by Gasteiger charge is -2.32. The van der Waals surface area contributed by atoms with Gasteiger partial charge in [-0.3, -0.25) is 0 Å². The van der Waals surface area contributed by atoms with Crippen LogP contribution in [0.25, 0.3) is 0 Å². The molecule has 10 heavy (non-hydrogen) atoms. The van der Waals surface area contributed by atoms with Crippen molar-refractivity contribution in [3.05, 3.63) is 0 Å². The van der Waals surface area contributed by atoms with Crippen LogP contribution in [0, 0.1) is 5.92 Å². The molecule has 1 saturated heterocycles. The van der Waals surface area contributed by atoms with Gasteiger partial charge in [-0.1, -0.05) is 0 Å². The number of hydrogen-bond acceptors (Lipinski definition) is 2. The van der Waals surface area contributed by atoms with Crippen LogP contribution in [0.3, 0.4) is 0 Å². The quantitative estimate of drug-likeness (QED) is 0.506. The van der Waals surface area contributed by atoms with Crippen LogP contribution >= 0.6 is 0 Å². The monoisotopic (exact) mass is 141 g/mol. The molecule has 2 atom stereocenters. The van der Waals surface area contributed by atoms with Crippen molar-refractivity contribution in [2.75, 3.05) is 13.6 Å². The first kappa shape index (κ1) is 7.73. The smallest absolute Gasteiger partial charge is 0.124 e. The Hall–Kier alpha value is -0.370. The highest BCUT2D eigenvalue weighted by molar-refractivity contribution is 5.53. The fraction of sp³-hybridized carbons (Fsp3) is 0.875.